The SMILES string of the molecule is CCOC(=O)[C@H]1CCCC(=O)N1C[C@@H](C)S(=O)(=O)N(CC[Si](C)(C)C)c1nnc(-c2ccc(C)o2)n1-c1c(OC)cccc1OC. The smallest absolute Gasteiger partial charge is 0.328 e. The van der Waals surface area contributed by atoms with Crippen LogP contribution < -0.4 is 13.8 Å². The molecule has 1 aliphatic heterocycles. The Bertz CT molecular complexity index is 1630. The zero-order valence-corrected chi connectivity index (χ0v) is 29.7. The zero-order chi connectivity index (χ0) is 33.8. The lowest BCUT2D eigenvalue weighted by molar-refractivity contribution is -0.157. The Morgan fingerprint density at radius 1 is 1.13 bits per heavy atom. The van der Waals surface area contributed by atoms with Crippen molar-refractivity contribution in [3.8, 4) is 28.8 Å². The van der Waals surface area contributed by atoms with Crippen LogP contribution in [0.5, 0.6) is 11.5 Å². The molecule has 0 saturated carbocycles. The highest BCUT2D eigenvalue weighted by atomic mass is 32.2. The molecule has 1 saturated heterocycles. The number of aryl methyl sites for hydroxylation is 1. The van der Waals surface area contributed by atoms with Crippen molar-refractivity contribution in [1.29, 1.82) is 0 Å². The van der Waals surface area contributed by atoms with Gasteiger partial charge < -0.3 is 23.5 Å². The number of amides is 1. The Kier molecular flexibility index (Phi) is 10.9. The number of aromatic nitrogens is 3. The first-order chi connectivity index (χ1) is 21.7. The van der Waals surface area contributed by atoms with Crippen LogP contribution in [0.2, 0.25) is 25.7 Å². The van der Waals surface area contributed by atoms with Gasteiger partial charge in [-0.1, -0.05) is 25.7 Å². The highest BCUT2D eigenvalue weighted by Gasteiger charge is 2.41. The predicted octanol–water partition coefficient (Wildman–Crippen LogP) is 4.66. The highest BCUT2D eigenvalue weighted by molar-refractivity contribution is 7.93. The molecular weight excluding hydrogens is 631 g/mol. The second kappa shape index (κ2) is 14.3. The van der Waals surface area contributed by atoms with Gasteiger partial charge in [0.05, 0.1) is 26.1 Å². The second-order valence-electron chi connectivity index (χ2n) is 12.5. The number of likely N-dealkylation sites (tertiary alicyclic amines) is 1. The minimum absolute atomic E-state index is 0.0175. The summed E-state index contributed by atoms with van der Waals surface area (Å²) >= 11 is 0. The van der Waals surface area contributed by atoms with Crippen LogP contribution in [0.4, 0.5) is 5.95 Å². The third-order valence-corrected chi connectivity index (χ3v) is 11.8. The largest absolute Gasteiger partial charge is 0.494 e. The van der Waals surface area contributed by atoms with Gasteiger partial charge in [0.2, 0.25) is 27.7 Å². The lowest BCUT2D eigenvalue weighted by Gasteiger charge is -2.37. The van der Waals surface area contributed by atoms with Crippen LogP contribution in [0.3, 0.4) is 0 Å². The summed E-state index contributed by atoms with van der Waals surface area (Å²) in [5, 5.41) is 7.79. The van der Waals surface area contributed by atoms with Crippen LogP contribution in [0.1, 0.15) is 38.9 Å². The lowest BCUT2D eigenvalue weighted by atomic mass is 10.0. The van der Waals surface area contributed by atoms with Crippen LogP contribution in [0.15, 0.2) is 34.7 Å². The number of carbonyl (C=O) groups excluding carboxylic acids is 2. The van der Waals surface area contributed by atoms with Crippen LogP contribution >= 0.6 is 0 Å². The number of esters is 1. The van der Waals surface area contributed by atoms with Crippen LogP contribution in [0.25, 0.3) is 17.3 Å². The Morgan fingerprint density at radius 2 is 1.80 bits per heavy atom. The van der Waals surface area contributed by atoms with Gasteiger partial charge in [-0.25, -0.2) is 17.5 Å². The zero-order valence-electron chi connectivity index (χ0n) is 27.9. The number of sulfonamides is 1. The number of anilines is 1. The van der Waals surface area contributed by atoms with Gasteiger partial charge in [0, 0.05) is 27.6 Å². The molecule has 1 amide bonds. The summed E-state index contributed by atoms with van der Waals surface area (Å²) < 4.78 is 54.8. The molecule has 2 aromatic heterocycles. The van der Waals surface area contributed by atoms with E-state index in [1.807, 2.05) is 0 Å². The molecule has 2 atom stereocenters. The van der Waals surface area contributed by atoms with Gasteiger partial charge in [0.1, 0.15) is 29.0 Å². The van der Waals surface area contributed by atoms with Crippen molar-refractivity contribution in [3.63, 3.8) is 0 Å². The molecule has 252 valence electrons. The van der Waals surface area contributed by atoms with Crippen molar-refractivity contribution in [2.75, 3.05) is 38.2 Å². The average molecular weight is 676 g/mol. The van der Waals surface area contributed by atoms with Gasteiger partial charge in [-0.3, -0.25) is 9.36 Å². The van der Waals surface area contributed by atoms with Crippen molar-refractivity contribution in [1.82, 2.24) is 19.7 Å². The Morgan fingerprint density at radius 3 is 2.37 bits per heavy atom. The number of methoxy groups -OCH3 is 2. The maximum Gasteiger partial charge on any atom is 0.328 e. The molecule has 3 heterocycles. The van der Waals surface area contributed by atoms with Crippen LogP contribution in [0, 0.1) is 6.92 Å². The molecule has 13 nitrogen and oxygen atoms in total. The summed E-state index contributed by atoms with van der Waals surface area (Å²) in [5.74, 6) is 1.26. The van der Waals surface area contributed by atoms with E-state index in [2.05, 4.69) is 29.8 Å². The van der Waals surface area contributed by atoms with Crippen molar-refractivity contribution in [3.05, 3.63) is 36.1 Å². The van der Waals surface area contributed by atoms with E-state index in [0.717, 1.165) is 0 Å². The molecule has 46 heavy (non-hydrogen) atoms. The molecule has 1 aliphatic rings. The van der Waals surface area contributed by atoms with Gasteiger partial charge in [0.15, 0.2) is 5.76 Å². The van der Waals surface area contributed by atoms with Crippen molar-refractivity contribution in [2.24, 2.45) is 0 Å². The minimum atomic E-state index is -4.22. The molecule has 0 radical (unpaired) electrons. The first kappa shape index (κ1) is 35.0. The summed E-state index contributed by atoms with van der Waals surface area (Å²) in [5.41, 5.74) is 0.394. The van der Waals surface area contributed by atoms with Gasteiger partial charge in [-0.15, -0.1) is 10.2 Å². The molecule has 4 rings (SSSR count). The Hall–Kier alpha value is -3.85. The summed E-state index contributed by atoms with van der Waals surface area (Å²) in [7, 11) is -3.00. The summed E-state index contributed by atoms with van der Waals surface area (Å²) in [6, 6.07) is 8.52. The third kappa shape index (κ3) is 7.41. The fraction of sp³-hybridized carbons (Fsp3) is 0.548. The number of hydrogen-bond acceptors (Lipinski definition) is 10. The molecule has 3 aromatic rings. The van der Waals surface area contributed by atoms with Gasteiger partial charge in [0.25, 0.3) is 0 Å². The van der Waals surface area contributed by atoms with E-state index in [1.165, 1.54) is 23.4 Å². The molecular formula is C31H45N5O8SSi. The summed E-state index contributed by atoms with van der Waals surface area (Å²) in [6.45, 7) is 11.6. The summed E-state index contributed by atoms with van der Waals surface area (Å²) in [6.07, 6.45) is 1.17. The van der Waals surface area contributed by atoms with E-state index < -0.39 is 35.4 Å². The number of carbonyl (C=O) groups is 2. The molecule has 15 heteroatoms. The third-order valence-electron chi connectivity index (χ3n) is 7.91. The Labute approximate surface area is 271 Å². The number of furan rings is 1. The highest BCUT2D eigenvalue weighted by Crippen LogP contribution is 2.40. The number of piperidine rings is 1. The number of para-hydroxylation sites is 1. The lowest BCUT2D eigenvalue weighted by Crippen LogP contribution is -2.53. The second-order valence-corrected chi connectivity index (χ2v) is 20.4. The monoisotopic (exact) mass is 675 g/mol. The van der Waals surface area contributed by atoms with E-state index in [9.17, 15) is 18.0 Å². The molecule has 0 aliphatic carbocycles. The number of hydrogen-bond donors (Lipinski definition) is 0. The fourth-order valence-corrected chi connectivity index (χ4v) is 7.94. The molecule has 0 N–H and O–H groups in total. The van der Waals surface area contributed by atoms with E-state index in [0.29, 0.717) is 47.6 Å². The number of rotatable bonds is 14. The van der Waals surface area contributed by atoms with E-state index >= 15 is 0 Å². The maximum atomic E-state index is 14.7. The maximum absolute atomic E-state index is 14.7. The quantitative estimate of drug-likeness (QED) is 0.175. The fourth-order valence-electron chi connectivity index (χ4n) is 5.41. The molecule has 1 aromatic carbocycles. The number of ether oxygens (including phenoxy) is 3. The first-order valence-electron chi connectivity index (χ1n) is 15.4. The predicted molar refractivity (Wildman–Crippen MR) is 177 cm³/mol. The topological polar surface area (TPSA) is 146 Å². The Balaban J connectivity index is 1.89. The standard InChI is InChI=1S/C31H45N5O8SSi/c1-9-43-30(38)23-12-10-15-27(37)34(23)20-22(3)45(39,40)35(18-19-46(6,7)8)31-33-32-29(26-17-16-21(2)44-26)36(31)28-24(41-4)13-11-14-25(28)42-5/h11,13-14,16-17,22-23H,9-10,12,15,18-20H2,1-8H3/t22-,23-/m1/s1. The number of benzene rings is 1. The van der Waals surface area contributed by atoms with Gasteiger partial charge in [-0.2, -0.15) is 0 Å². The molecule has 0 bridgehead atoms. The normalized spacial score (nSPS) is 16.3. The number of nitrogens with zero attached hydrogens (tertiary/aromatic N) is 5. The van der Waals surface area contributed by atoms with Crippen LogP contribution in [-0.4, -0.2) is 93.2 Å². The van der Waals surface area contributed by atoms with Crippen molar-refractivity contribution < 1.29 is 36.6 Å². The average Bonchev–Trinajstić information content (AvgIpc) is 3.63. The molecule has 1 fully saturated rings. The van der Waals surface area contributed by atoms with E-state index in [4.69, 9.17) is 18.6 Å². The van der Waals surface area contributed by atoms with E-state index in [-0.39, 0.29) is 43.8 Å². The van der Waals surface area contributed by atoms with Crippen molar-refractivity contribution >= 4 is 35.9 Å². The van der Waals surface area contributed by atoms with Gasteiger partial charge >= 0.3 is 5.97 Å². The van der Waals surface area contributed by atoms with Crippen molar-refractivity contribution in [2.45, 2.75) is 77.0 Å². The van der Waals surface area contributed by atoms with Crippen LogP contribution in [-0.2, 0) is 24.3 Å². The molecule has 0 unspecified atom stereocenters. The minimum Gasteiger partial charge on any atom is -0.494 e. The van der Waals surface area contributed by atoms with Gasteiger partial charge in [-0.05, 0) is 63.9 Å². The first-order valence-corrected chi connectivity index (χ1v) is 20.7. The molecule has 0 spiro atoms. The van der Waals surface area contributed by atoms with E-state index in [1.54, 1.807) is 55.7 Å². The summed E-state index contributed by atoms with van der Waals surface area (Å²) in [4.78, 5) is 27.2.